The van der Waals surface area contributed by atoms with E-state index < -0.39 is 11.7 Å². The molecule has 0 spiro atoms. The van der Waals surface area contributed by atoms with Crippen molar-refractivity contribution in [3.63, 3.8) is 0 Å². The van der Waals surface area contributed by atoms with Crippen LogP contribution in [0.15, 0.2) is 45.6 Å². The van der Waals surface area contributed by atoms with Gasteiger partial charge < -0.3 is 23.7 Å². The van der Waals surface area contributed by atoms with E-state index in [1.807, 2.05) is 30.5 Å². The van der Waals surface area contributed by atoms with Crippen molar-refractivity contribution in [1.29, 1.82) is 0 Å². The number of carbonyl (C=O) groups excluding carboxylic acids is 2. The first kappa shape index (κ1) is 25.5. The predicted molar refractivity (Wildman–Crippen MR) is 136 cm³/mol. The Morgan fingerprint density at radius 3 is 2.47 bits per heavy atom. The first-order valence-corrected chi connectivity index (χ1v) is 12.0. The number of halogens is 1. The third-order valence-corrected chi connectivity index (χ3v) is 5.82. The Hall–Kier alpha value is -3.17. The Labute approximate surface area is 206 Å². The van der Waals surface area contributed by atoms with E-state index in [2.05, 4.69) is 4.72 Å². The number of likely N-dealkylation sites (N-methyl/N-ethyl adjacent to an activating group) is 1. The number of nitrogens with zero attached hydrogens (tertiary/aromatic N) is 2. The second kappa shape index (κ2) is 10.8. The van der Waals surface area contributed by atoms with Crippen LogP contribution in [-0.2, 0) is 17.6 Å². The monoisotopic (exact) mass is 503 g/mol. The number of fused-ring (bicyclic) bond motifs is 1. The van der Waals surface area contributed by atoms with Crippen LogP contribution in [0.4, 0.5) is 10.5 Å². The standard InChI is InChI=1S/C24H26ClN3O5S/c1-27(2)22(29)12-16-17-11-19(25)21(33-24(31)28(3)4)13-20(17)32-23(30)18(16)10-14-7-6-8-15(9-14)26-34-5/h6-9,11,13,26H,10,12H2,1-5H3. The minimum Gasteiger partial charge on any atom is -0.422 e. The first-order valence-electron chi connectivity index (χ1n) is 10.4. The van der Waals surface area contributed by atoms with Gasteiger partial charge in [-0.05, 0) is 29.3 Å². The number of amides is 2. The summed E-state index contributed by atoms with van der Waals surface area (Å²) in [5, 5.41) is 0.671. The van der Waals surface area contributed by atoms with Crippen LogP contribution >= 0.6 is 23.5 Å². The van der Waals surface area contributed by atoms with Crippen LogP contribution in [0.1, 0.15) is 16.7 Å². The Bertz CT molecular complexity index is 1290. The number of carbonyl (C=O) groups is 2. The molecule has 0 saturated heterocycles. The largest absolute Gasteiger partial charge is 0.422 e. The van der Waals surface area contributed by atoms with Crippen LogP contribution in [0.25, 0.3) is 11.0 Å². The summed E-state index contributed by atoms with van der Waals surface area (Å²) >= 11 is 7.87. The highest BCUT2D eigenvalue weighted by Crippen LogP contribution is 2.33. The van der Waals surface area contributed by atoms with Crippen molar-refractivity contribution in [2.75, 3.05) is 39.2 Å². The lowest BCUT2D eigenvalue weighted by Gasteiger charge is -2.16. The van der Waals surface area contributed by atoms with Crippen molar-refractivity contribution < 1.29 is 18.7 Å². The van der Waals surface area contributed by atoms with Crippen LogP contribution in [0, 0.1) is 0 Å². The molecule has 0 aliphatic carbocycles. The molecule has 0 aliphatic rings. The van der Waals surface area contributed by atoms with Crippen molar-refractivity contribution in [1.82, 2.24) is 9.80 Å². The molecule has 0 aliphatic heterocycles. The highest BCUT2D eigenvalue weighted by molar-refractivity contribution is 7.99. The molecule has 10 heteroatoms. The maximum atomic E-state index is 13.1. The summed E-state index contributed by atoms with van der Waals surface area (Å²) in [4.78, 5) is 40.4. The second-order valence-corrected chi connectivity index (χ2v) is 9.06. The molecule has 3 rings (SSSR count). The molecule has 1 heterocycles. The highest BCUT2D eigenvalue weighted by Gasteiger charge is 2.21. The molecule has 3 aromatic rings. The van der Waals surface area contributed by atoms with E-state index in [0.29, 0.717) is 16.5 Å². The first-order chi connectivity index (χ1) is 16.1. The van der Waals surface area contributed by atoms with Gasteiger partial charge in [-0.1, -0.05) is 35.7 Å². The maximum absolute atomic E-state index is 13.1. The van der Waals surface area contributed by atoms with Gasteiger partial charge in [-0.25, -0.2) is 9.59 Å². The average Bonchev–Trinajstić information content (AvgIpc) is 2.77. The zero-order valence-corrected chi connectivity index (χ0v) is 21.2. The smallest absolute Gasteiger partial charge is 0.414 e. The summed E-state index contributed by atoms with van der Waals surface area (Å²) in [7, 11) is 6.38. The lowest BCUT2D eigenvalue weighted by atomic mass is 9.95. The van der Waals surface area contributed by atoms with Gasteiger partial charge in [0.05, 0.1) is 11.4 Å². The number of ether oxygens (including phenoxy) is 1. The van der Waals surface area contributed by atoms with Gasteiger partial charge in [-0.3, -0.25) is 4.79 Å². The summed E-state index contributed by atoms with van der Waals surface area (Å²) in [6.07, 6.45) is 1.55. The quantitative estimate of drug-likeness (QED) is 0.377. The number of anilines is 1. The van der Waals surface area contributed by atoms with Gasteiger partial charge in [0.15, 0.2) is 5.75 Å². The lowest BCUT2D eigenvalue weighted by Crippen LogP contribution is -2.26. The fourth-order valence-electron chi connectivity index (χ4n) is 3.32. The van der Waals surface area contributed by atoms with Crippen molar-refractivity contribution in [3.05, 3.63) is 68.5 Å². The van der Waals surface area contributed by atoms with E-state index in [9.17, 15) is 14.4 Å². The molecule has 1 N–H and O–H groups in total. The normalized spacial score (nSPS) is 10.8. The van der Waals surface area contributed by atoms with E-state index in [1.165, 1.54) is 27.8 Å². The van der Waals surface area contributed by atoms with E-state index in [4.69, 9.17) is 20.8 Å². The minimum absolute atomic E-state index is 0.0135. The highest BCUT2D eigenvalue weighted by atomic mass is 35.5. The van der Waals surface area contributed by atoms with Crippen LogP contribution in [0.5, 0.6) is 5.75 Å². The molecule has 0 radical (unpaired) electrons. The number of hydrogen-bond donors (Lipinski definition) is 1. The molecule has 180 valence electrons. The van der Waals surface area contributed by atoms with Crippen molar-refractivity contribution >= 4 is 52.2 Å². The Morgan fingerprint density at radius 1 is 1.09 bits per heavy atom. The van der Waals surface area contributed by atoms with Gasteiger partial charge in [0.2, 0.25) is 5.91 Å². The van der Waals surface area contributed by atoms with Gasteiger partial charge in [0.1, 0.15) is 5.58 Å². The predicted octanol–water partition coefficient (Wildman–Crippen LogP) is 4.42. The van der Waals surface area contributed by atoms with Crippen molar-refractivity contribution in [2.45, 2.75) is 12.8 Å². The van der Waals surface area contributed by atoms with E-state index in [-0.39, 0.29) is 35.1 Å². The van der Waals surface area contributed by atoms with Crippen LogP contribution < -0.4 is 15.1 Å². The maximum Gasteiger partial charge on any atom is 0.414 e. The third-order valence-electron chi connectivity index (χ3n) is 5.09. The third kappa shape index (κ3) is 5.84. The van der Waals surface area contributed by atoms with Gasteiger partial charge in [0, 0.05) is 63.6 Å². The van der Waals surface area contributed by atoms with Crippen molar-refractivity contribution in [2.24, 2.45) is 0 Å². The summed E-state index contributed by atoms with van der Waals surface area (Å²) in [5.41, 5.74) is 2.30. The fourth-order valence-corrected chi connectivity index (χ4v) is 3.89. The molecular weight excluding hydrogens is 478 g/mol. The van der Waals surface area contributed by atoms with E-state index in [1.54, 1.807) is 34.3 Å². The molecule has 0 bridgehead atoms. The van der Waals surface area contributed by atoms with Crippen LogP contribution in [0.2, 0.25) is 5.02 Å². The van der Waals surface area contributed by atoms with Gasteiger partial charge in [0.25, 0.3) is 0 Å². The Kier molecular flexibility index (Phi) is 8.11. The number of rotatable bonds is 7. The number of hydrogen-bond acceptors (Lipinski definition) is 7. The SMILES string of the molecule is CSNc1cccc(Cc2c(CC(=O)N(C)C)c3cc(Cl)c(OC(=O)N(C)C)cc3oc2=O)c1. The summed E-state index contributed by atoms with van der Waals surface area (Å²) in [5.74, 6) is -0.116. The molecule has 2 aromatic carbocycles. The average molecular weight is 504 g/mol. The molecule has 1 aromatic heterocycles. The van der Waals surface area contributed by atoms with Gasteiger partial charge in [-0.15, -0.1) is 0 Å². The zero-order valence-electron chi connectivity index (χ0n) is 19.6. The van der Waals surface area contributed by atoms with E-state index >= 15 is 0 Å². The van der Waals surface area contributed by atoms with Crippen molar-refractivity contribution in [3.8, 4) is 5.75 Å². The van der Waals surface area contributed by atoms with Crippen LogP contribution in [0.3, 0.4) is 0 Å². The molecule has 34 heavy (non-hydrogen) atoms. The fraction of sp³-hybridized carbons (Fsp3) is 0.292. The molecule has 0 atom stereocenters. The molecule has 0 saturated carbocycles. The summed E-state index contributed by atoms with van der Waals surface area (Å²) in [6.45, 7) is 0. The molecular formula is C24H26ClN3O5S. The Morgan fingerprint density at radius 2 is 1.82 bits per heavy atom. The summed E-state index contributed by atoms with van der Waals surface area (Å²) < 4.78 is 14.1. The van der Waals surface area contributed by atoms with Crippen LogP contribution in [-0.4, -0.2) is 56.2 Å². The number of nitrogens with one attached hydrogen (secondary N) is 1. The lowest BCUT2D eigenvalue weighted by molar-refractivity contribution is -0.127. The summed E-state index contributed by atoms with van der Waals surface area (Å²) in [6, 6.07) is 10.6. The zero-order chi connectivity index (χ0) is 25.0. The second-order valence-electron chi connectivity index (χ2n) is 8.04. The Balaban J connectivity index is 2.16. The topological polar surface area (TPSA) is 92.1 Å². The van der Waals surface area contributed by atoms with E-state index in [0.717, 1.165) is 11.3 Å². The number of benzene rings is 2. The van der Waals surface area contributed by atoms with Gasteiger partial charge in [-0.2, -0.15) is 0 Å². The molecule has 8 nitrogen and oxygen atoms in total. The molecule has 0 unspecified atom stereocenters. The molecule has 2 amide bonds. The molecule has 0 fully saturated rings. The minimum atomic E-state index is -0.623. The van der Waals surface area contributed by atoms with Gasteiger partial charge >= 0.3 is 11.7 Å².